The van der Waals surface area contributed by atoms with Gasteiger partial charge in [0.1, 0.15) is 0 Å². The van der Waals surface area contributed by atoms with Crippen LogP contribution in [0.4, 0.5) is 0 Å². The molecule has 2 N–H and O–H groups in total. The largest absolute Gasteiger partial charge is 0.353 e. The quantitative estimate of drug-likeness (QED) is 0.635. The molecule has 156 valence electrons. The zero-order valence-corrected chi connectivity index (χ0v) is 17.7. The number of amides is 1. The van der Waals surface area contributed by atoms with Crippen molar-refractivity contribution in [1.29, 1.82) is 0 Å². The monoisotopic (exact) mass is 402 g/mol. The highest BCUT2D eigenvalue weighted by atomic mass is 16.2. The Hall–Kier alpha value is -2.76. The number of aromatic nitrogens is 1. The van der Waals surface area contributed by atoms with Crippen molar-refractivity contribution in [2.45, 2.75) is 51.5 Å². The maximum absolute atomic E-state index is 12.9. The average molecular weight is 403 g/mol. The van der Waals surface area contributed by atoms with Crippen molar-refractivity contribution in [2.24, 2.45) is 0 Å². The summed E-state index contributed by atoms with van der Waals surface area (Å²) < 4.78 is 0. The third-order valence-corrected chi connectivity index (χ3v) is 5.68. The molecule has 1 saturated heterocycles. The van der Waals surface area contributed by atoms with Gasteiger partial charge in [0.05, 0.1) is 6.04 Å². The molecule has 1 amide bonds. The summed E-state index contributed by atoms with van der Waals surface area (Å²) in [5.74, 6) is 0.124. The number of nitrogens with one attached hydrogen (secondary N) is 2. The Morgan fingerprint density at radius 2 is 1.83 bits per heavy atom. The standard InChI is InChI=1S/C25H30N4O/c1-18(2)28-25(30)24-14-23(27-15-19-9-11-26-12-10-19)17-29(24)16-20-7-8-21-5-3-4-6-22(21)13-20/h3-13,18,23-24,27H,14-17H2,1-2H3,(H,28,30)/t23-,24-/m0/s1. The first-order chi connectivity index (χ1) is 14.6. The third kappa shape index (κ3) is 5.04. The average Bonchev–Trinajstić information content (AvgIpc) is 3.15. The molecule has 5 heteroatoms. The number of benzene rings is 2. The van der Waals surface area contributed by atoms with E-state index in [1.165, 1.54) is 21.9 Å². The van der Waals surface area contributed by atoms with Crippen molar-refractivity contribution >= 4 is 16.7 Å². The van der Waals surface area contributed by atoms with E-state index >= 15 is 0 Å². The molecule has 0 aliphatic carbocycles. The van der Waals surface area contributed by atoms with Crippen LogP contribution in [0.25, 0.3) is 10.8 Å². The van der Waals surface area contributed by atoms with E-state index in [0.717, 1.165) is 26.1 Å². The molecule has 0 saturated carbocycles. The molecule has 0 radical (unpaired) electrons. The van der Waals surface area contributed by atoms with Crippen LogP contribution in [0.1, 0.15) is 31.4 Å². The van der Waals surface area contributed by atoms with E-state index < -0.39 is 0 Å². The second kappa shape index (κ2) is 9.37. The Morgan fingerprint density at radius 3 is 2.60 bits per heavy atom. The molecule has 1 aliphatic heterocycles. The van der Waals surface area contributed by atoms with Gasteiger partial charge in [0.15, 0.2) is 0 Å². The van der Waals surface area contributed by atoms with Gasteiger partial charge in [-0.1, -0.05) is 36.4 Å². The topological polar surface area (TPSA) is 57.3 Å². The highest BCUT2D eigenvalue weighted by Crippen LogP contribution is 2.23. The Kier molecular flexibility index (Phi) is 6.41. The highest BCUT2D eigenvalue weighted by Gasteiger charge is 2.36. The zero-order chi connectivity index (χ0) is 20.9. The molecule has 2 heterocycles. The molecule has 2 atom stereocenters. The lowest BCUT2D eigenvalue weighted by Crippen LogP contribution is -2.45. The van der Waals surface area contributed by atoms with Crippen LogP contribution in [0, 0.1) is 0 Å². The number of likely N-dealkylation sites (tertiary alicyclic amines) is 1. The van der Waals surface area contributed by atoms with E-state index in [1.54, 1.807) is 0 Å². The molecule has 1 fully saturated rings. The van der Waals surface area contributed by atoms with Gasteiger partial charge in [-0.05, 0) is 60.4 Å². The Morgan fingerprint density at radius 1 is 1.07 bits per heavy atom. The van der Waals surface area contributed by atoms with Crippen molar-refractivity contribution in [2.75, 3.05) is 6.54 Å². The molecule has 30 heavy (non-hydrogen) atoms. The lowest BCUT2D eigenvalue weighted by Gasteiger charge is -2.24. The van der Waals surface area contributed by atoms with Crippen LogP contribution >= 0.6 is 0 Å². The van der Waals surface area contributed by atoms with Gasteiger partial charge < -0.3 is 10.6 Å². The van der Waals surface area contributed by atoms with Crippen LogP contribution in [0.15, 0.2) is 67.0 Å². The fourth-order valence-corrected chi connectivity index (χ4v) is 4.21. The Labute approximate surface area is 178 Å². The predicted molar refractivity (Wildman–Crippen MR) is 121 cm³/mol. The molecule has 0 unspecified atom stereocenters. The first-order valence-corrected chi connectivity index (χ1v) is 10.7. The molecule has 4 rings (SSSR count). The Bertz CT molecular complexity index is 989. The second-order valence-corrected chi connectivity index (χ2v) is 8.46. The molecule has 3 aromatic rings. The van der Waals surface area contributed by atoms with E-state index in [2.05, 4.69) is 63.0 Å². The first kappa shape index (κ1) is 20.5. The summed E-state index contributed by atoms with van der Waals surface area (Å²) in [5, 5.41) is 9.22. The minimum absolute atomic E-state index is 0.117. The summed E-state index contributed by atoms with van der Waals surface area (Å²) in [5.41, 5.74) is 2.45. The minimum Gasteiger partial charge on any atom is -0.353 e. The van der Waals surface area contributed by atoms with Crippen molar-refractivity contribution in [3.8, 4) is 0 Å². The molecule has 5 nitrogen and oxygen atoms in total. The van der Waals surface area contributed by atoms with Crippen molar-refractivity contribution in [3.63, 3.8) is 0 Å². The van der Waals surface area contributed by atoms with Crippen LogP contribution in [-0.4, -0.2) is 40.5 Å². The lowest BCUT2D eigenvalue weighted by atomic mass is 10.1. The van der Waals surface area contributed by atoms with Gasteiger partial charge in [-0.3, -0.25) is 14.7 Å². The van der Waals surface area contributed by atoms with E-state index in [9.17, 15) is 4.79 Å². The number of hydrogen-bond acceptors (Lipinski definition) is 4. The number of rotatable bonds is 7. The molecule has 0 bridgehead atoms. The zero-order valence-electron chi connectivity index (χ0n) is 17.7. The van der Waals surface area contributed by atoms with Crippen molar-refractivity contribution < 1.29 is 4.79 Å². The van der Waals surface area contributed by atoms with Crippen LogP contribution in [0.3, 0.4) is 0 Å². The number of fused-ring (bicyclic) bond motifs is 1. The van der Waals surface area contributed by atoms with E-state index in [-0.39, 0.29) is 24.0 Å². The van der Waals surface area contributed by atoms with Gasteiger partial charge in [-0.25, -0.2) is 0 Å². The SMILES string of the molecule is CC(C)NC(=O)[C@@H]1C[C@H](NCc2ccncc2)CN1Cc1ccc2ccccc2c1. The summed E-state index contributed by atoms with van der Waals surface area (Å²) in [6, 6.07) is 19.4. The number of pyridine rings is 1. The highest BCUT2D eigenvalue weighted by molar-refractivity contribution is 5.83. The fourth-order valence-electron chi connectivity index (χ4n) is 4.21. The molecular weight excluding hydrogens is 372 g/mol. The maximum Gasteiger partial charge on any atom is 0.237 e. The van der Waals surface area contributed by atoms with Gasteiger partial charge >= 0.3 is 0 Å². The normalized spacial score (nSPS) is 19.4. The first-order valence-electron chi connectivity index (χ1n) is 10.7. The summed E-state index contributed by atoms with van der Waals surface area (Å²) >= 11 is 0. The smallest absolute Gasteiger partial charge is 0.237 e. The number of carbonyl (C=O) groups is 1. The minimum atomic E-state index is -0.117. The second-order valence-electron chi connectivity index (χ2n) is 8.46. The molecule has 1 aliphatic rings. The summed E-state index contributed by atoms with van der Waals surface area (Å²) in [6.45, 7) is 6.44. The van der Waals surface area contributed by atoms with Gasteiger partial charge in [-0.2, -0.15) is 0 Å². The maximum atomic E-state index is 12.9. The molecule has 0 spiro atoms. The summed E-state index contributed by atoms with van der Waals surface area (Å²) in [7, 11) is 0. The van der Waals surface area contributed by atoms with Gasteiger partial charge in [-0.15, -0.1) is 0 Å². The summed E-state index contributed by atoms with van der Waals surface area (Å²) in [6.07, 6.45) is 4.45. The molecular formula is C25H30N4O. The van der Waals surface area contributed by atoms with Crippen LogP contribution in [0.5, 0.6) is 0 Å². The van der Waals surface area contributed by atoms with Gasteiger partial charge in [0.25, 0.3) is 0 Å². The van der Waals surface area contributed by atoms with Crippen molar-refractivity contribution in [3.05, 3.63) is 78.1 Å². The van der Waals surface area contributed by atoms with E-state index in [0.29, 0.717) is 0 Å². The lowest BCUT2D eigenvalue weighted by molar-refractivity contribution is -0.126. The van der Waals surface area contributed by atoms with Crippen molar-refractivity contribution in [1.82, 2.24) is 20.5 Å². The van der Waals surface area contributed by atoms with Crippen LogP contribution in [-0.2, 0) is 17.9 Å². The number of hydrogen-bond donors (Lipinski definition) is 2. The number of carbonyl (C=O) groups excluding carboxylic acids is 1. The fraction of sp³-hybridized carbons (Fsp3) is 0.360. The Balaban J connectivity index is 1.47. The molecule has 1 aromatic heterocycles. The van der Waals surface area contributed by atoms with Gasteiger partial charge in [0.2, 0.25) is 5.91 Å². The van der Waals surface area contributed by atoms with Crippen LogP contribution < -0.4 is 10.6 Å². The van der Waals surface area contributed by atoms with Gasteiger partial charge in [0, 0.05) is 44.1 Å². The van der Waals surface area contributed by atoms with E-state index in [1.807, 2.05) is 38.4 Å². The summed E-state index contributed by atoms with van der Waals surface area (Å²) in [4.78, 5) is 19.3. The predicted octanol–water partition coefficient (Wildman–Crippen LogP) is 3.49. The van der Waals surface area contributed by atoms with Crippen LogP contribution in [0.2, 0.25) is 0 Å². The van der Waals surface area contributed by atoms with E-state index in [4.69, 9.17) is 0 Å². The third-order valence-electron chi connectivity index (χ3n) is 5.68. The number of nitrogens with zero attached hydrogens (tertiary/aromatic N) is 2. The molecule has 2 aromatic carbocycles.